The molecule has 0 radical (unpaired) electrons. The van der Waals surface area contributed by atoms with Crippen LogP contribution in [0.3, 0.4) is 0 Å². The average Bonchev–Trinajstić information content (AvgIpc) is 3.40. The zero-order valence-corrected chi connectivity index (χ0v) is 15.5. The normalized spacial score (nSPS) is 21.0. The van der Waals surface area contributed by atoms with E-state index in [-0.39, 0.29) is 11.8 Å². The quantitative estimate of drug-likeness (QED) is 0.884. The molecule has 1 unspecified atom stereocenters. The molecular weight excluding hydrogens is 350 g/mol. The molecule has 0 spiro atoms. The second-order valence-corrected chi connectivity index (χ2v) is 7.69. The van der Waals surface area contributed by atoms with Crippen LogP contribution in [0.2, 0.25) is 0 Å². The predicted molar refractivity (Wildman–Crippen MR) is 99.5 cm³/mol. The van der Waals surface area contributed by atoms with Crippen molar-refractivity contribution in [2.24, 2.45) is 0 Å². The summed E-state index contributed by atoms with van der Waals surface area (Å²) < 4.78 is 1.91. The standard InChI is InChI=1S/C18H23N5O2S/c24-17(15-5-7-23(20-15)14-3-1-6-19-13-14)21-8-10-22(11-9-21)18(25)16-4-2-12-26-16/h2,4-5,7,12,14,19H,1,3,6,8-11,13H2. The minimum absolute atomic E-state index is 0.0456. The number of hydrogen-bond donors (Lipinski definition) is 1. The van der Waals surface area contributed by atoms with Gasteiger partial charge in [0.1, 0.15) is 5.69 Å². The predicted octanol–water partition coefficient (Wildman–Crippen LogP) is 1.47. The molecule has 138 valence electrons. The molecule has 26 heavy (non-hydrogen) atoms. The summed E-state index contributed by atoms with van der Waals surface area (Å²) >= 11 is 1.46. The van der Waals surface area contributed by atoms with E-state index in [0.29, 0.717) is 37.9 Å². The Hall–Kier alpha value is -2.19. The topological polar surface area (TPSA) is 70.5 Å². The minimum Gasteiger partial charge on any atom is -0.334 e. The van der Waals surface area contributed by atoms with Gasteiger partial charge in [-0.15, -0.1) is 11.3 Å². The summed E-state index contributed by atoms with van der Waals surface area (Å²) in [6.45, 7) is 4.18. The molecule has 2 amide bonds. The molecule has 1 N–H and O–H groups in total. The van der Waals surface area contributed by atoms with Crippen molar-refractivity contribution in [3.63, 3.8) is 0 Å². The zero-order chi connectivity index (χ0) is 17.9. The van der Waals surface area contributed by atoms with Crippen molar-refractivity contribution in [3.05, 3.63) is 40.3 Å². The van der Waals surface area contributed by atoms with Gasteiger partial charge in [0.15, 0.2) is 0 Å². The fourth-order valence-electron chi connectivity index (χ4n) is 3.55. The maximum atomic E-state index is 12.7. The van der Waals surface area contributed by atoms with Crippen LogP contribution in [-0.4, -0.2) is 70.7 Å². The molecule has 1 atom stereocenters. The van der Waals surface area contributed by atoms with Crippen molar-refractivity contribution in [1.82, 2.24) is 24.9 Å². The molecule has 2 fully saturated rings. The number of carbonyl (C=O) groups is 2. The van der Waals surface area contributed by atoms with Crippen LogP contribution >= 0.6 is 11.3 Å². The van der Waals surface area contributed by atoms with Crippen LogP contribution in [0.25, 0.3) is 0 Å². The van der Waals surface area contributed by atoms with E-state index in [1.807, 2.05) is 33.3 Å². The number of hydrogen-bond acceptors (Lipinski definition) is 5. The molecule has 0 aromatic carbocycles. The van der Waals surface area contributed by atoms with Gasteiger partial charge in [-0.3, -0.25) is 14.3 Å². The van der Waals surface area contributed by atoms with Crippen LogP contribution in [0.1, 0.15) is 39.0 Å². The molecule has 2 aliphatic rings. The van der Waals surface area contributed by atoms with E-state index < -0.39 is 0 Å². The van der Waals surface area contributed by atoms with Crippen molar-refractivity contribution in [3.8, 4) is 0 Å². The SMILES string of the molecule is O=C(c1ccn(C2CCCNC2)n1)N1CCN(C(=O)c2cccs2)CC1. The maximum Gasteiger partial charge on any atom is 0.274 e. The third-order valence-corrected chi connectivity index (χ3v) is 5.92. The van der Waals surface area contributed by atoms with E-state index in [4.69, 9.17) is 0 Å². The van der Waals surface area contributed by atoms with Gasteiger partial charge < -0.3 is 15.1 Å². The van der Waals surface area contributed by atoms with Gasteiger partial charge in [-0.1, -0.05) is 6.07 Å². The molecular formula is C18H23N5O2S. The first-order valence-corrected chi connectivity index (χ1v) is 9.98. The lowest BCUT2D eigenvalue weighted by Crippen LogP contribution is -2.50. The lowest BCUT2D eigenvalue weighted by Gasteiger charge is -2.34. The summed E-state index contributed by atoms with van der Waals surface area (Å²) in [4.78, 5) is 29.5. The fraction of sp³-hybridized carbons (Fsp3) is 0.500. The molecule has 8 heteroatoms. The third-order valence-electron chi connectivity index (χ3n) is 5.06. The number of piperidine rings is 1. The van der Waals surface area contributed by atoms with Crippen molar-refractivity contribution in [2.45, 2.75) is 18.9 Å². The Bertz CT molecular complexity index is 758. The Morgan fingerprint density at radius 2 is 1.88 bits per heavy atom. The third kappa shape index (κ3) is 3.52. The molecule has 7 nitrogen and oxygen atoms in total. The number of rotatable bonds is 3. The Morgan fingerprint density at radius 1 is 1.12 bits per heavy atom. The highest BCUT2D eigenvalue weighted by molar-refractivity contribution is 7.12. The van der Waals surface area contributed by atoms with Gasteiger partial charge in [0.25, 0.3) is 11.8 Å². The molecule has 0 bridgehead atoms. The van der Waals surface area contributed by atoms with Gasteiger partial charge in [-0.05, 0) is 36.9 Å². The van der Waals surface area contributed by atoms with Crippen LogP contribution in [0.4, 0.5) is 0 Å². The van der Waals surface area contributed by atoms with Crippen molar-refractivity contribution >= 4 is 23.2 Å². The van der Waals surface area contributed by atoms with Gasteiger partial charge in [-0.25, -0.2) is 0 Å². The number of amides is 2. The molecule has 4 heterocycles. The van der Waals surface area contributed by atoms with E-state index in [0.717, 1.165) is 30.8 Å². The van der Waals surface area contributed by atoms with Gasteiger partial charge in [-0.2, -0.15) is 5.10 Å². The first-order chi connectivity index (χ1) is 12.7. The number of aromatic nitrogens is 2. The lowest BCUT2D eigenvalue weighted by atomic mass is 10.1. The van der Waals surface area contributed by atoms with Crippen LogP contribution in [-0.2, 0) is 0 Å². The van der Waals surface area contributed by atoms with E-state index in [1.165, 1.54) is 11.3 Å². The highest BCUT2D eigenvalue weighted by Crippen LogP contribution is 2.17. The Balaban J connectivity index is 1.35. The molecule has 4 rings (SSSR count). The number of nitrogens with one attached hydrogen (secondary N) is 1. The van der Waals surface area contributed by atoms with Crippen LogP contribution < -0.4 is 5.32 Å². The lowest BCUT2D eigenvalue weighted by molar-refractivity contribution is 0.0534. The van der Waals surface area contributed by atoms with Gasteiger partial charge in [0, 0.05) is 38.9 Å². The van der Waals surface area contributed by atoms with Crippen molar-refractivity contribution < 1.29 is 9.59 Å². The monoisotopic (exact) mass is 373 g/mol. The number of carbonyl (C=O) groups excluding carboxylic acids is 2. The summed E-state index contributed by atoms with van der Waals surface area (Å²) in [5.74, 6) is 0.0110. The number of thiophene rings is 1. The number of nitrogens with zero attached hydrogens (tertiary/aromatic N) is 4. The molecule has 2 saturated heterocycles. The van der Waals surface area contributed by atoms with E-state index in [9.17, 15) is 9.59 Å². The first-order valence-electron chi connectivity index (χ1n) is 9.10. The fourth-order valence-corrected chi connectivity index (χ4v) is 4.24. The summed E-state index contributed by atoms with van der Waals surface area (Å²) in [5, 5.41) is 9.79. The Labute approximate surface area is 156 Å². The van der Waals surface area contributed by atoms with Crippen molar-refractivity contribution in [2.75, 3.05) is 39.3 Å². The van der Waals surface area contributed by atoms with Gasteiger partial charge in [0.05, 0.1) is 10.9 Å². The Kier molecular flexibility index (Phi) is 5.03. The second-order valence-electron chi connectivity index (χ2n) is 6.74. The largest absolute Gasteiger partial charge is 0.334 e. The van der Waals surface area contributed by atoms with Crippen LogP contribution in [0.15, 0.2) is 29.8 Å². The minimum atomic E-state index is -0.0456. The Morgan fingerprint density at radius 3 is 2.54 bits per heavy atom. The van der Waals surface area contributed by atoms with Crippen LogP contribution in [0.5, 0.6) is 0 Å². The van der Waals surface area contributed by atoms with Crippen LogP contribution in [0, 0.1) is 0 Å². The van der Waals surface area contributed by atoms with Gasteiger partial charge in [0.2, 0.25) is 0 Å². The molecule has 2 aliphatic heterocycles. The molecule has 2 aromatic heterocycles. The van der Waals surface area contributed by atoms with Gasteiger partial charge >= 0.3 is 0 Å². The van der Waals surface area contributed by atoms with E-state index in [1.54, 1.807) is 11.0 Å². The summed E-state index contributed by atoms with van der Waals surface area (Å²) in [6.07, 6.45) is 4.13. The van der Waals surface area contributed by atoms with E-state index in [2.05, 4.69) is 10.4 Å². The average molecular weight is 373 g/mol. The smallest absolute Gasteiger partial charge is 0.274 e. The molecule has 0 saturated carbocycles. The van der Waals surface area contributed by atoms with Crippen molar-refractivity contribution in [1.29, 1.82) is 0 Å². The highest BCUT2D eigenvalue weighted by atomic mass is 32.1. The second kappa shape index (κ2) is 7.59. The first kappa shape index (κ1) is 17.2. The molecule has 0 aliphatic carbocycles. The highest BCUT2D eigenvalue weighted by Gasteiger charge is 2.27. The zero-order valence-electron chi connectivity index (χ0n) is 14.6. The summed E-state index contributed by atoms with van der Waals surface area (Å²) in [7, 11) is 0. The number of piperazine rings is 1. The van der Waals surface area contributed by atoms with E-state index >= 15 is 0 Å². The maximum absolute atomic E-state index is 12.7. The summed E-state index contributed by atoms with van der Waals surface area (Å²) in [5.41, 5.74) is 0.494. The summed E-state index contributed by atoms with van der Waals surface area (Å²) in [6, 6.07) is 5.86. The molecule has 2 aromatic rings.